The molecule has 2 aromatic heterocycles. The van der Waals surface area contributed by atoms with Crippen LogP contribution in [0.2, 0.25) is 0 Å². The van der Waals surface area contributed by atoms with Gasteiger partial charge in [0, 0.05) is 30.7 Å². The number of thioether (sulfide) groups is 1. The quantitative estimate of drug-likeness (QED) is 0.730. The van der Waals surface area contributed by atoms with Crippen LogP contribution in [0.5, 0.6) is 0 Å². The van der Waals surface area contributed by atoms with Crippen LogP contribution in [0.3, 0.4) is 0 Å². The van der Waals surface area contributed by atoms with E-state index in [-0.39, 0.29) is 11.7 Å². The lowest BCUT2D eigenvalue weighted by atomic mass is 10.3. The number of hydrogen-bond donors (Lipinski definition) is 1. The summed E-state index contributed by atoms with van der Waals surface area (Å²) in [5.74, 6) is 0.921. The lowest BCUT2D eigenvalue weighted by Gasteiger charge is -2.05. The monoisotopic (exact) mass is 325 g/mol. The van der Waals surface area contributed by atoms with E-state index in [1.807, 2.05) is 54.1 Å². The maximum atomic E-state index is 12.0. The van der Waals surface area contributed by atoms with Crippen LogP contribution in [-0.2, 0) is 11.8 Å². The highest BCUT2D eigenvalue weighted by atomic mass is 32.2. The number of anilines is 1. The van der Waals surface area contributed by atoms with Crippen molar-refractivity contribution in [1.29, 1.82) is 0 Å². The fourth-order valence-electron chi connectivity index (χ4n) is 2.04. The van der Waals surface area contributed by atoms with Crippen LogP contribution >= 0.6 is 11.8 Å². The van der Waals surface area contributed by atoms with Crippen LogP contribution in [0.1, 0.15) is 0 Å². The number of carbonyl (C=O) groups is 1. The maximum absolute atomic E-state index is 12.0. The van der Waals surface area contributed by atoms with Gasteiger partial charge in [-0.25, -0.2) is 0 Å². The van der Waals surface area contributed by atoms with Crippen molar-refractivity contribution >= 4 is 23.4 Å². The van der Waals surface area contributed by atoms with Gasteiger partial charge in [-0.05, 0) is 24.3 Å². The van der Waals surface area contributed by atoms with E-state index in [0.29, 0.717) is 5.16 Å². The predicted molar refractivity (Wildman–Crippen MR) is 90.0 cm³/mol. The summed E-state index contributed by atoms with van der Waals surface area (Å²) in [5, 5.41) is 11.8. The summed E-state index contributed by atoms with van der Waals surface area (Å²) in [6.07, 6.45) is 3.45. The Bertz CT molecular complexity index is 789. The number of benzene rings is 1. The fraction of sp³-hybridized carbons (Fsp3) is 0.125. The summed E-state index contributed by atoms with van der Waals surface area (Å²) in [4.78, 5) is 16.1. The second kappa shape index (κ2) is 7.06. The fourth-order valence-corrected chi connectivity index (χ4v) is 2.75. The van der Waals surface area contributed by atoms with Crippen molar-refractivity contribution in [3.63, 3.8) is 0 Å². The van der Waals surface area contributed by atoms with E-state index >= 15 is 0 Å². The number of amides is 1. The van der Waals surface area contributed by atoms with E-state index < -0.39 is 0 Å². The van der Waals surface area contributed by atoms with Crippen molar-refractivity contribution in [3.8, 4) is 11.4 Å². The molecule has 6 nitrogen and oxygen atoms in total. The van der Waals surface area contributed by atoms with Gasteiger partial charge in [0.25, 0.3) is 0 Å². The molecular formula is C16H15N5OS. The first-order chi connectivity index (χ1) is 11.2. The predicted octanol–water partition coefficient (Wildman–Crippen LogP) is 2.61. The molecule has 0 aliphatic heterocycles. The molecule has 7 heteroatoms. The Kier molecular flexibility index (Phi) is 4.68. The molecule has 1 N–H and O–H groups in total. The molecule has 3 rings (SSSR count). The van der Waals surface area contributed by atoms with E-state index in [0.717, 1.165) is 17.1 Å². The molecule has 0 bridgehead atoms. The van der Waals surface area contributed by atoms with E-state index in [4.69, 9.17) is 0 Å². The molecule has 116 valence electrons. The molecule has 0 atom stereocenters. The Morgan fingerprint density at radius 3 is 2.74 bits per heavy atom. The molecule has 0 radical (unpaired) electrons. The third-order valence-corrected chi connectivity index (χ3v) is 4.16. The Labute approximate surface area is 138 Å². The second-order valence-corrected chi connectivity index (χ2v) is 5.75. The molecule has 0 aliphatic carbocycles. The standard InChI is InChI=1S/C16H15N5OS/c1-21-15(12-6-5-9-17-10-12)19-20-16(21)23-11-14(22)18-13-7-3-2-4-8-13/h2-10H,11H2,1H3,(H,18,22). The lowest BCUT2D eigenvalue weighted by molar-refractivity contribution is -0.113. The molecule has 0 saturated carbocycles. The second-order valence-electron chi connectivity index (χ2n) is 4.81. The minimum absolute atomic E-state index is 0.0767. The first-order valence-corrected chi connectivity index (χ1v) is 8.00. The molecule has 23 heavy (non-hydrogen) atoms. The lowest BCUT2D eigenvalue weighted by Crippen LogP contribution is -2.14. The summed E-state index contributed by atoms with van der Waals surface area (Å²) in [6, 6.07) is 13.1. The van der Waals surface area contributed by atoms with Crippen LogP contribution in [0.15, 0.2) is 60.0 Å². The van der Waals surface area contributed by atoms with Gasteiger partial charge in [-0.15, -0.1) is 10.2 Å². The third kappa shape index (κ3) is 3.75. The maximum Gasteiger partial charge on any atom is 0.234 e. The summed E-state index contributed by atoms with van der Waals surface area (Å²) in [5.41, 5.74) is 1.68. The minimum Gasteiger partial charge on any atom is -0.325 e. The zero-order chi connectivity index (χ0) is 16.1. The van der Waals surface area contributed by atoms with Gasteiger partial charge < -0.3 is 9.88 Å². The van der Waals surface area contributed by atoms with Gasteiger partial charge >= 0.3 is 0 Å². The zero-order valence-corrected chi connectivity index (χ0v) is 13.3. The van der Waals surface area contributed by atoms with Crippen LogP contribution < -0.4 is 5.32 Å². The van der Waals surface area contributed by atoms with Crippen molar-refractivity contribution in [2.45, 2.75) is 5.16 Å². The number of nitrogens with one attached hydrogen (secondary N) is 1. The molecule has 2 heterocycles. The summed E-state index contributed by atoms with van der Waals surface area (Å²) >= 11 is 1.35. The van der Waals surface area contributed by atoms with Gasteiger partial charge in [-0.2, -0.15) is 0 Å². The van der Waals surface area contributed by atoms with Gasteiger partial charge in [0.1, 0.15) is 0 Å². The Morgan fingerprint density at radius 1 is 1.17 bits per heavy atom. The molecule has 1 amide bonds. The van der Waals surface area contributed by atoms with Crippen molar-refractivity contribution < 1.29 is 4.79 Å². The molecule has 0 spiro atoms. The van der Waals surface area contributed by atoms with Crippen LogP contribution in [-0.4, -0.2) is 31.4 Å². The molecule has 0 saturated heterocycles. The first-order valence-electron chi connectivity index (χ1n) is 7.01. The number of hydrogen-bond acceptors (Lipinski definition) is 5. The number of nitrogens with zero attached hydrogens (tertiary/aromatic N) is 4. The van der Waals surface area contributed by atoms with Crippen LogP contribution in [0, 0.1) is 0 Å². The first kappa shape index (κ1) is 15.2. The van der Waals surface area contributed by atoms with Crippen LogP contribution in [0.25, 0.3) is 11.4 Å². The Balaban J connectivity index is 1.63. The molecule has 3 aromatic rings. The van der Waals surface area contributed by atoms with Crippen molar-refractivity contribution in [2.24, 2.45) is 7.05 Å². The normalized spacial score (nSPS) is 10.5. The van der Waals surface area contributed by atoms with Gasteiger partial charge in [0.05, 0.1) is 5.75 Å². The largest absolute Gasteiger partial charge is 0.325 e. The smallest absolute Gasteiger partial charge is 0.234 e. The number of carbonyl (C=O) groups excluding carboxylic acids is 1. The molecular weight excluding hydrogens is 310 g/mol. The molecule has 0 aliphatic rings. The van der Waals surface area contributed by atoms with Gasteiger partial charge in [0.15, 0.2) is 11.0 Å². The highest BCUT2D eigenvalue weighted by Gasteiger charge is 2.13. The number of rotatable bonds is 5. The summed E-state index contributed by atoms with van der Waals surface area (Å²) in [6.45, 7) is 0. The van der Waals surface area contributed by atoms with Gasteiger partial charge in [0.2, 0.25) is 5.91 Å². The van der Waals surface area contributed by atoms with E-state index in [9.17, 15) is 4.79 Å². The summed E-state index contributed by atoms with van der Waals surface area (Å²) in [7, 11) is 1.87. The topological polar surface area (TPSA) is 72.7 Å². The minimum atomic E-state index is -0.0767. The van der Waals surface area contributed by atoms with Crippen LogP contribution in [0.4, 0.5) is 5.69 Å². The SMILES string of the molecule is Cn1c(SCC(=O)Nc2ccccc2)nnc1-c1cccnc1. The Morgan fingerprint density at radius 2 is 2.00 bits per heavy atom. The Hall–Kier alpha value is -2.67. The van der Waals surface area contributed by atoms with Gasteiger partial charge in [-0.1, -0.05) is 30.0 Å². The average molecular weight is 325 g/mol. The van der Waals surface area contributed by atoms with Gasteiger partial charge in [-0.3, -0.25) is 9.78 Å². The highest BCUT2D eigenvalue weighted by Crippen LogP contribution is 2.22. The van der Waals surface area contributed by atoms with E-state index in [1.165, 1.54) is 11.8 Å². The van der Waals surface area contributed by atoms with Crippen molar-refractivity contribution in [1.82, 2.24) is 19.7 Å². The molecule has 0 unspecified atom stereocenters. The number of pyridine rings is 1. The highest BCUT2D eigenvalue weighted by molar-refractivity contribution is 7.99. The molecule has 1 aromatic carbocycles. The van der Waals surface area contributed by atoms with E-state index in [1.54, 1.807) is 12.4 Å². The molecule has 0 fully saturated rings. The van der Waals surface area contributed by atoms with Crippen molar-refractivity contribution in [3.05, 3.63) is 54.9 Å². The van der Waals surface area contributed by atoms with Crippen molar-refractivity contribution in [2.75, 3.05) is 11.1 Å². The number of aromatic nitrogens is 4. The third-order valence-electron chi connectivity index (χ3n) is 3.14. The summed E-state index contributed by atoms with van der Waals surface area (Å²) < 4.78 is 1.86. The number of para-hydroxylation sites is 1. The average Bonchev–Trinajstić information content (AvgIpc) is 2.95. The zero-order valence-electron chi connectivity index (χ0n) is 12.5. The van der Waals surface area contributed by atoms with E-state index in [2.05, 4.69) is 20.5 Å².